The summed E-state index contributed by atoms with van der Waals surface area (Å²) in [7, 11) is -3.87. The topological polar surface area (TPSA) is 105 Å². The second-order valence-corrected chi connectivity index (χ2v) is 7.86. The largest absolute Gasteiger partial charge is 0.478 e. The van der Waals surface area contributed by atoms with Crippen LogP contribution in [0.15, 0.2) is 53.4 Å². The molecule has 0 aromatic heterocycles. The predicted octanol–water partition coefficient (Wildman–Crippen LogP) is 2.74. The third-order valence-corrected chi connectivity index (χ3v) is 5.55. The third kappa shape index (κ3) is 6.63. The fourth-order valence-corrected chi connectivity index (χ4v) is 3.86. The molecule has 0 bridgehead atoms. The van der Waals surface area contributed by atoms with Gasteiger partial charge in [0.1, 0.15) is 4.90 Å². The Kier molecular flexibility index (Phi) is 8.43. The minimum atomic E-state index is -3.87. The summed E-state index contributed by atoms with van der Waals surface area (Å²) >= 11 is 0. The van der Waals surface area contributed by atoms with E-state index in [2.05, 4.69) is 10.0 Å². The van der Waals surface area contributed by atoms with E-state index in [1.165, 1.54) is 18.2 Å². The molecule has 152 valence electrons. The van der Waals surface area contributed by atoms with Crippen molar-refractivity contribution in [1.82, 2.24) is 4.72 Å². The summed E-state index contributed by atoms with van der Waals surface area (Å²) in [6.45, 7) is 3.82. The number of sulfonamides is 1. The minimum Gasteiger partial charge on any atom is -0.478 e. The first kappa shape index (κ1) is 21.9. The Morgan fingerprint density at radius 2 is 1.86 bits per heavy atom. The van der Waals surface area contributed by atoms with Gasteiger partial charge in [-0.3, -0.25) is 0 Å². The van der Waals surface area contributed by atoms with Crippen molar-refractivity contribution in [2.24, 2.45) is 0 Å². The van der Waals surface area contributed by atoms with Crippen LogP contribution < -0.4 is 10.0 Å². The lowest BCUT2D eigenvalue weighted by Gasteiger charge is -2.14. The Balaban J connectivity index is 2.11. The van der Waals surface area contributed by atoms with Crippen molar-refractivity contribution in [3.05, 3.63) is 59.7 Å². The molecule has 0 aliphatic rings. The molecule has 0 aliphatic carbocycles. The fraction of sp³-hybridized carbons (Fsp3) is 0.350. The second-order valence-electron chi connectivity index (χ2n) is 6.13. The van der Waals surface area contributed by atoms with Gasteiger partial charge in [-0.2, -0.15) is 0 Å². The van der Waals surface area contributed by atoms with Gasteiger partial charge in [-0.25, -0.2) is 17.9 Å². The minimum absolute atomic E-state index is 0.0723. The van der Waals surface area contributed by atoms with Gasteiger partial charge in [-0.15, -0.1) is 0 Å². The molecule has 8 heteroatoms. The molecule has 2 aromatic carbocycles. The molecular formula is C20H26N2O5S. The van der Waals surface area contributed by atoms with Gasteiger partial charge in [0.05, 0.1) is 11.3 Å². The van der Waals surface area contributed by atoms with Gasteiger partial charge in [-0.1, -0.05) is 30.3 Å². The van der Waals surface area contributed by atoms with Gasteiger partial charge >= 0.3 is 5.97 Å². The molecule has 0 spiro atoms. The lowest BCUT2D eigenvalue weighted by atomic mass is 10.2. The molecule has 0 atom stereocenters. The van der Waals surface area contributed by atoms with Crippen LogP contribution >= 0.6 is 0 Å². The van der Waals surface area contributed by atoms with E-state index in [1.54, 1.807) is 0 Å². The molecule has 0 radical (unpaired) electrons. The zero-order chi connectivity index (χ0) is 20.4. The highest BCUT2D eigenvalue weighted by atomic mass is 32.2. The predicted molar refractivity (Wildman–Crippen MR) is 108 cm³/mol. The third-order valence-electron chi connectivity index (χ3n) is 4.05. The van der Waals surface area contributed by atoms with Gasteiger partial charge in [0.15, 0.2) is 0 Å². The zero-order valence-corrected chi connectivity index (χ0v) is 16.7. The van der Waals surface area contributed by atoms with Gasteiger partial charge < -0.3 is 15.2 Å². The number of anilines is 1. The summed E-state index contributed by atoms with van der Waals surface area (Å²) in [5.74, 6) is -1.18. The number of hydrogen-bond donors (Lipinski definition) is 3. The van der Waals surface area contributed by atoms with Crippen LogP contribution in [0.2, 0.25) is 0 Å². The van der Waals surface area contributed by atoms with Crippen molar-refractivity contribution in [3.8, 4) is 0 Å². The molecule has 2 rings (SSSR count). The van der Waals surface area contributed by atoms with Crippen LogP contribution in [0, 0.1) is 0 Å². The van der Waals surface area contributed by atoms with Gasteiger partial charge in [0, 0.05) is 26.3 Å². The zero-order valence-electron chi connectivity index (χ0n) is 15.8. The standard InChI is InChI=1S/C20H26N2O5S/c1-2-27-14-6-12-21-18-10-9-17(20(23)24)15-19(18)28(25,26)22-13-11-16-7-4-3-5-8-16/h3-5,7-10,15,21-22H,2,6,11-14H2,1H3,(H,23,24). The average Bonchev–Trinajstić information content (AvgIpc) is 2.68. The lowest BCUT2D eigenvalue weighted by Crippen LogP contribution is -2.27. The smallest absolute Gasteiger partial charge is 0.335 e. The number of hydrogen-bond acceptors (Lipinski definition) is 5. The molecule has 7 nitrogen and oxygen atoms in total. The second kappa shape index (κ2) is 10.8. The van der Waals surface area contributed by atoms with Crippen molar-refractivity contribution in [2.45, 2.75) is 24.7 Å². The molecule has 28 heavy (non-hydrogen) atoms. The molecule has 0 unspecified atom stereocenters. The number of rotatable bonds is 12. The number of aromatic carboxylic acids is 1. The van der Waals surface area contributed by atoms with Crippen LogP contribution in [0.25, 0.3) is 0 Å². The SMILES string of the molecule is CCOCCCNc1ccc(C(=O)O)cc1S(=O)(=O)NCCc1ccccc1. The van der Waals surface area contributed by atoms with Crippen molar-refractivity contribution in [2.75, 3.05) is 31.6 Å². The average molecular weight is 407 g/mol. The molecule has 0 amide bonds. The van der Waals surface area contributed by atoms with Crippen LogP contribution in [0.3, 0.4) is 0 Å². The van der Waals surface area contributed by atoms with E-state index in [0.29, 0.717) is 38.3 Å². The number of carboxylic acid groups (broad SMARTS) is 1. The summed E-state index contributed by atoms with van der Waals surface area (Å²) in [6.07, 6.45) is 1.24. The van der Waals surface area contributed by atoms with Crippen LogP contribution in [0.5, 0.6) is 0 Å². The quantitative estimate of drug-likeness (QED) is 0.468. The number of carbonyl (C=O) groups is 1. The van der Waals surface area contributed by atoms with Gasteiger partial charge in [0.2, 0.25) is 10.0 Å². The molecule has 2 aromatic rings. The first-order valence-corrected chi connectivity index (χ1v) is 10.6. The van der Waals surface area contributed by atoms with Crippen LogP contribution in [0.4, 0.5) is 5.69 Å². The Labute approximate surface area is 165 Å². The molecule has 0 saturated carbocycles. The maximum atomic E-state index is 12.8. The van der Waals surface area contributed by atoms with Crippen molar-refractivity contribution >= 4 is 21.7 Å². The van der Waals surface area contributed by atoms with E-state index in [-0.39, 0.29) is 17.0 Å². The van der Waals surface area contributed by atoms with Gasteiger partial charge in [0.25, 0.3) is 0 Å². The highest BCUT2D eigenvalue weighted by Gasteiger charge is 2.20. The number of ether oxygens (including phenoxy) is 1. The van der Waals surface area contributed by atoms with E-state index >= 15 is 0 Å². The molecule has 0 saturated heterocycles. The normalized spacial score (nSPS) is 11.3. The summed E-state index contributed by atoms with van der Waals surface area (Å²) < 4.78 is 33.4. The summed E-state index contributed by atoms with van der Waals surface area (Å²) in [6, 6.07) is 13.6. The molecule has 0 aliphatic heterocycles. The van der Waals surface area contributed by atoms with Gasteiger partial charge in [-0.05, 0) is 43.5 Å². The highest BCUT2D eigenvalue weighted by molar-refractivity contribution is 7.89. The van der Waals surface area contributed by atoms with E-state index in [9.17, 15) is 18.3 Å². The Hall–Kier alpha value is -2.42. The van der Waals surface area contributed by atoms with Crippen LogP contribution in [-0.4, -0.2) is 45.8 Å². The maximum Gasteiger partial charge on any atom is 0.335 e. The Bertz CT molecular complexity index is 869. The fourth-order valence-electron chi connectivity index (χ4n) is 2.62. The monoisotopic (exact) mass is 406 g/mol. The maximum absolute atomic E-state index is 12.8. The summed E-state index contributed by atoms with van der Waals surface area (Å²) in [5.41, 5.74) is 1.30. The van der Waals surface area contributed by atoms with Crippen LogP contribution in [-0.2, 0) is 21.2 Å². The van der Waals surface area contributed by atoms with Crippen molar-refractivity contribution < 1.29 is 23.1 Å². The Morgan fingerprint density at radius 3 is 2.54 bits per heavy atom. The van der Waals surface area contributed by atoms with Crippen LogP contribution in [0.1, 0.15) is 29.3 Å². The van der Waals surface area contributed by atoms with E-state index < -0.39 is 16.0 Å². The van der Waals surface area contributed by atoms with Crippen molar-refractivity contribution in [1.29, 1.82) is 0 Å². The highest BCUT2D eigenvalue weighted by Crippen LogP contribution is 2.23. The molecular weight excluding hydrogens is 380 g/mol. The molecule has 0 heterocycles. The summed E-state index contributed by atoms with van der Waals surface area (Å²) in [5, 5.41) is 12.3. The summed E-state index contributed by atoms with van der Waals surface area (Å²) in [4.78, 5) is 11.2. The number of carboxylic acids is 1. The molecule has 0 fully saturated rings. The van der Waals surface area contributed by atoms with E-state index in [0.717, 1.165) is 5.56 Å². The Morgan fingerprint density at radius 1 is 1.11 bits per heavy atom. The van der Waals surface area contributed by atoms with E-state index in [1.807, 2.05) is 37.3 Å². The first-order chi connectivity index (χ1) is 13.4. The van der Waals surface area contributed by atoms with Crippen molar-refractivity contribution in [3.63, 3.8) is 0 Å². The first-order valence-electron chi connectivity index (χ1n) is 9.16. The number of benzene rings is 2. The number of nitrogens with one attached hydrogen (secondary N) is 2. The molecule has 3 N–H and O–H groups in total. The lowest BCUT2D eigenvalue weighted by molar-refractivity contribution is 0.0696. The van der Waals surface area contributed by atoms with E-state index in [4.69, 9.17) is 4.74 Å².